The highest BCUT2D eigenvalue weighted by Gasteiger charge is 2.31. The van der Waals surface area contributed by atoms with Crippen LogP contribution < -0.4 is 21.3 Å². The molecule has 3 amide bonds. The van der Waals surface area contributed by atoms with Crippen molar-refractivity contribution in [1.82, 2.24) is 15.5 Å². The van der Waals surface area contributed by atoms with Gasteiger partial charge in [-0.05, 0) is 67.3 Å². The fourth-order valence-electron chi connectivity index (χ4n) is 7.09. The summed E-state index contributed by atoms with van der Waals surface area (Å²) >= 11 is 0. The zero-order valence-electron chi connectivity index (χ0n) is 27.1. The van der Waals surface area contributed by atoms with Crippen molar-refractivity contribution in [2.75, 3.05) is 43.4 Å². The molecule has 3 aromatic carbocycles. The Bertz CT molecular complexity index is 1590. The van der Waals surface area contributed by atoms with Crippen molar-refractivity contribution in [3.63, 3.8) is 0 Å². The molecular weight excluding hydrogens is 610 g/mol. The predicted molar refractivity (Wildman–Crippen MR) is 184 cm³/mol. The predicted octanol–water partition coefficient (Wildman–Crippen LogP) is 4.56. The SMILES string of the molecule is O=C1CCc2c([C@@H](O)CN[C@H]3CC[C@@H](C(=O)NCCN4CCC(OC(=O)Nc5ccccc5-c5ccccc5)CC4)C3)ccc(O)c2N1. The molecular formula is C37H45N5O6. The molecule has 11 heteroatoms. The number of aliphatic hydroxyl groups excluding tert-OH is 1. The molecule has 3 aromatic rings. The molecule has 3 atom stereocenters. The molecule has 6 rings (SSSR count). The zero-order chi connectivity index (χ0) is 33.5. The van der Waals surface area contributed by atoms with Gasteiger partial charge in [-0.2, -0.15) is 0 Å². The van der Waals surface area contributed by atoms with Gasteiger partial charge >= 0.3 is 6.09 Å². The molecule has 2 aliphatic heterocycles. The average molecular weight is 656 g/mol. The van der Waals surface area contributed by atoms with Crippen LogP contribution in [0.2, 0.25) is 0 Å². The van der Waals surface area contributed by atoms with Crippen LogP contribution in [0.5, 0.6) is 5.75 Å². The number of piperidine rings is 1. The number of anilines is 2. The number of likely N-dealkylation sites (tertiary alicyclic amines) is 1. The monoisotopic (exact) mass is 655 g/mol. The van der Waals surface area contributed by atoms with Crippen molar-refractivity contribution >= 4 is 29.3 Å². The zero-order valence-corrected chi connectivity index (χ0v) is 27.1. The molecule has 2 heterocycles. The van der Waals surface area contributed by atoms with Crippen molar-refractivity contribution < 1.29 is 29.3 Å². The number of phenols is 1. The standard InChI is InChI=1S/C37H45N5O6/c43-32-14-12-29(30-13-15-34(45)41-35(30)32)33(44)23-39-26-11-10-25(22-26)36(46)38-18-21-42-19-16-27(17-20-42)48-37(47)40-31-9-5-4-8-28(31)24-6-2-1-3-7-24/h1-9,12,14,25-27,33,39,43-44H,10-11,13,15-23H2,(H,38,46)(H,40,47)(H,41,45)/t25-,26+,33+/m1/s1. The third kappa shape index (κ3) is 8.33. The Kier molecular flexibility index (Phi) is 10.9. The molecule has 0 bridgehead atoms. The lowest BCUT2D eigenvalue weighted by molar-refractivity contribution is -0.125. The molecule has 48 heavy (non-hydrogen) atoms. The molecule has 0 radical (unpaired) electrons. The summed E-state index contributed by atoms with van der Waals surface area (Å²) in [6.07, 6.45) is 3.25. The number of hydrogen-bond donors (Lipinski definition) is 6. The van der Waals surface area contributed by atoms with Gasteiger partial charge < -0.3 is 35.8 Å². The van der Waals surface area contributed by atoms with E-state index in [4.69, 9.17) is 4.74 Å². The van der Waals surface area contributed by atoms with E-state index in [0.717, 1.165) is 62.0 Å². The third-order valence-corrected chi connectivity index (χ3v) is 9.74. The number of aromatic hydroxyl groups is 1. The number of aliphatic hydroxyl groups is 1. The Morgan fingerprint density at radius 3 is 2.54 bits per heavy atom. The smallest absolute Gasteiger partial charge is 0.411 e. The molecule has 2 fully saturated rings. The maximum atomic E-state index is 12.9. The number of ether oxygens (including phenoxy) is 1. The van der Waals surface area contributed by atoms with Gasteiger partial charge in [-0.1, -0.05) is 54.6 Å². The number of phenolic OH excluding ortho intramolecular Hbond substituents is 1. The second kappa shape index (κ2) is 15.6. The molecule has 6 N–H and O–H groups in total. The fraction of sp³-hybridized carbons (Fsp3) is 0.432. The lowest BCUT2D eigenvalue weighted by Gasteiger charge is -2.31. The largest absolute Gasteiger partial charge is 0.506 e. The first-order chi connectivity index (χ1) is 23.3. The average Bonchev–Trinajstić information content (AvgIpc) is 3.58. The van der Waals surface area contributed by atoms with Crippen LogP contribution in [0, 0.1) is 5.92 Å². The molecule has 0 aromatic heterocycles. The van der Waals surface area contributed by atoms with Crippen LogP contribution in [0.15, 0.2) is 66.7 Å². The Balaban J connectivity index is 0.870. The minimum atomic E-state index is -0.789. The second-order valence-corrected chi connectivity index (χ2v) is 13.0. The summed E-state index contributed by atoms with van der Waals surface area (Å²) in [6.45, 7) is 3.22. The van der Waals surface area contributed by atoms with Crippen LogP contribution in [0.25, 0.3) is 11.1 Å². The number of carbonyl (C=O) groups excluding carboxylic acids is 3. The molecule has 11 nitrogen and oxygen atoms in total. The van der Waals surface area contributed by atoms with Gasteiger partial charge in [0.2, 0.25) is 11.8 Å². The summed E-state index contributed by atoms with van der Waals surface area (Å²) in [5.74, 6) is -0.141. The normalized spacial score (nSPS) is 20.4. The number of nitrogens with one attached hydrogen (secondary N) is 4. The molecule has 1 aliphatic carbocycles. The summed E-state index contributed by atoms with van der Waals surface area (Å²) in [5, 5.41) is 33.2. The third-order valence-electron chi connectivity index (χ3n) is 9.74. The van der Waals surface area contributed by atoms with Gasteiger partial charge in [0.15, 0.2) is 0 Å². The van der Waals surface area contributed by atoms with E-state index >= 15 is 0 Å². The molecule has 0 spiro atoms. The van der Waals surface area contributed by atoms with Gasteiger partial charge in [-0.3, -0.25) is 14.9 Å². The first-order valence-corrected chi connectivity index (χ1v) is 17.0. The highest BCUT2D eigenvalue weighted by atomic mass is 16.6. The van der Waals surface area contributed by atoms with E-state index in [9.17, 15) is 24.6 Å². The van der Waals surface area contributed by atoms with E-state index in [0.29, 0.717) is 49.3 Å². The van der Waals surface area contributed by atoms with Crippen LogP contribution >= 0.6 is 0 Å². The maximum absolute atomic E-state index is 12.9. The van der Waals surface area contributed by atoms with Gasteiger partial charge in [-0.25, -0.2) is 4.79 Å². The maximum Gasteiger partial charge on any atom is 0.411 e. The van der Waals surface area contributed by atoms with Crippen molar-refractivity contribution in [3.8, 4) is 16.9 Å². The van der Waals surface area contributed by atoms with Crippen LogP contribution in [0.4, 0.5) is 16.2 Å². The van der Waals surface area contributed by atoms with Gasteiger partial charge in [0.25, 0.3) is 0 Å². The number of fused-ring (bicyclic) bond motifs is 1. The summed E-state index contributed by atoms with van der Waals surface area (Å²) in [5.41, 5.74) is 4.55. The minimum absolute atomic E-state index is 0.00615. The van der Waals surface area contributed by atoms with Gasteiger partial charge in [0.05, 0.1) is 17.5 Å². The van der Waals surface area contributed by atoms with Crippen LogP contribution in [-0.2, 0) is 20.7 Å². The summed E-state index contributed by atoms with van der Waals surface area (Å²) in [7, 11) is 0. The Morgan fingerprint density at radius 1 is 0.958 bits per heavy atom. The lowest BCUT2D eigenvalue weighted by atomic mass is 9.93. The fourth-order valence-corrected chi connectivity index (χ4v) is 7.09. The van der Waals surface area contributed by atoms with Crippen molar-refractivity contribution in [3.05, 3.63) is 77.9 Å². The van der Waals surface area contributed by atoms with Gasteiger partial charge in [0, 0.05) is 56.7 Å². The van der Waals surface area contributed by atoms with Crippen LogP contribution in [0.1, 0.15) is 55.8 Å². The quantitative estimate of drug-likeness (QED) is 0.165. The van der Waals surface area contributed by atoms with Crippen LogP contribution in [0.3, 0.4) is 0 Å². The van der Waals surface area contributed by atoms with E-state index in [2.05, 4.69) is 26.2 Å². The second-order valence-electron chi connectivity index (χ2n) is 13.0. The van der Waals surface area contributed by atoms with Gasteiger partial charge in [-0.15, -0.1) is 0 Å². The molecule has 1 saturated carbocycles. The molecule has 0 unspecified atom stereocenters. The Labute approximate surface area is 281 Å². The highest BCUT2D eigenvalue weighted by Crippen LogP contribution is 2.37. The number of carbonyl (C=O) groups is 3. The number of nitrogens with zero attached hydrogens (tertiary/aromatic N) is 1. The summed E-state index contributed by atoms with van der Waals surface area (Å²) < 4.78 is 5.75. The van der Waals surface area contributed by atoms with E-state index < -0.39 is 12.2 Å². The Hall–Kier alpha value is -4.45. The number of benzene rings is 3. The van der Waals surface area contributed by atoms with Crippen molar-refractivity contribution in [1.29, 1.82) is 0 Å². The number of para-hydroxylation sites is 1. The molecule has 3 aliphatic rings. The number of rotatable bonds is 11. The number of amides is 3. The van der Waals surface area contributed by atoms with E-state index in [-0.39, 0.29) is 35.6 Å². The van der Waals surface area contributed by atoms with Gasteiger partial charge in [0.1, 0.15) is 11.9 Å². The highest BCUT2D eigenvalue weighted by molar-refractivity contribution is 5.96. The first-order valence-electron chi connectivity index (χ1n) is 17.0. The van der Waals surface area contributed by atoms with E-state index in [1.54, 1.807) is 6.07 Å². The Morgan fingerprint density at radius 2 is 1.73 bits per heavy atom. The summed E-state index contributed by atoms with van der Waals surface area (Å²) in [4.78, 5) is 39.7. The van der Waals surface area contributed by atoms with E-state index in [1.165, 1.54) is 6.07 Å². The lowest BCUT2D eigenvalue weighted by Crippen LogP contribution is -2.43. The van der Waals surface area contributed by atoms with Crippen molar-refractivity contribution in [2.24, 2.45) is 5.92 Å². The molecule has 254 valence electrons. The number of hydrogen-bond acceptors (Lipinski definition) is 8. The first kappa shape index (κ1) is 33.5. The van der Waals surface area contributed by atoms with Crippen molar-refractivity contribution in [2.45, 2.75) is 63.2 Å². The minimum Gasteiger partial charge on any atom is -0.506 e. The van der Waals surface area contributed by atoms with Crippen LogP contribution in [-0.4, -0.2) is 77.9 Å². The van der Waals surface area contributed by atoms with E-state index in [1.807, 2.05) is 54.6 Å². The summed E-state index contributed by atoms with van der Waals surface area (Å²) in [6, 6.07) is 21.0. The molecule has 1 saturated heterocycles. The topological polar surface area (TPSA) is 152 Å².